The van der Waals surface area contributed by atoms with Gasteiger partial charge in [0.2, 0.25) is 6.10 Å². The molecule has 0 saturated carbocycles. The number of anilines is 1. The van der Waals surface area contributed by atoms with Crippen molar-refractivity contribution < 1.29 is 14.3 Å². The predicted octanol–water partition coefficient (Wildman–Crippen LogP) is 4.09. The van der Waals surface area contributed by atoms with Crippen molar-refractivity contribution in [1.29, 1.82) is 0 Å². The standard InChI is InChI=1S/C23H19N3O3/c1-15-5-4-12-26-13-18(25-22(15)26)16-8-10-17(11-9-16)24-23(27)21-14-28-19-6-2-3-7-20(19)29-21/h2-13,21H,14H2,1H3,(H,24,27). The third-order valence-electron chi connectivity index (χ3n) is 4.93. The minimum Gasteiger partial charge on any atom is -0.485 e. The second kappa shape index (κ2) is 6.98. The number of nitrogens with one attached hydrogen (secondary N) is 1. The number of para-hydroxylation sites is 2. The monoisotopic (exact) mass is 385 g/mol. The van der Waals surface area contributed by atoms with Crippen molar-refractivity contribution in [2.75, 3.05) is 11.9 Å². The van der Waals surface area contributed by atoms with Gasteiger partial charge in [-0.25, -0.2) is 4.98 Å². The largest absolute Gasteiger partial charge is 0.485 e. The molecule has 3 heterocycles. The topological polar surface area (TPSA) is 64.9 Å². The Labute approximate surface area is 167 Å². The molecule has 4 aromatic rings. The molecule has 1 atom stereocenters. The molecule has 1 aliphatic rings. The average Bonchev–Trinajstić information content (AvgIpc) is 3.20. The van der Waals surface area contributed by atoms with Crippen LogP contribution < -0.4 is 14.8 Å². The van der Waals surface area contributed by atoms with Crippen LogP contribution in [0.15, 0.2) is 73.1 Å². The van der Waals surface area contributed by atoms with Gasteiger partial charge in [0.1, 0.15) is 12.3 Å². The maximum atomic E-state index is 12.6. The maximum absolute atomic E-state index is 12.6. The van der Waals surface area contributed by atoms with Gasteiger partial charge in [0, 0.05) is 23.6 Å². The molecule has 5 rings (SSSR count). The SMILES string of the molecule is Cc1cccn2cc(-c3ccc(NC(=O)C4COc5ccccc5O4)cc3)nc12. The summed E-state index contributed by atoms with van der Waals surface area (Å²) in [5.41, 5.74) is 4.63. The zero-order chi connectivity index (χ0) is 19.8. The van der Waals surface area contributed by atoms with Crippen molar-refractivity contribution in [3.8, 4) is 22.8 Å². The Morgan fingerprint density at radius 3 is 2.66 bits per heavy atom. The van der Waals surface area contributed by atoms with Gasteiger partial charge in [0.25, 0.3) is 5.91 Å². The van der Waals surface area contributed by atoms with E-state index in [4.69, 9.17) is 14.5 Å². The highest BCUT2D eigenvalue weighted by Crippen LogP contribution is 2.31. The third-order valence-corrected chi connectivity index (χ3v) is 4.93. The fourth-order valence-electron chi connectivity index (χ4n) is 3.39. The first-order valence-electron chi connectivity index (χ1n) is 9.41. The Morgan fingerprint density at radius 1 is 1.07 bits per heavy atom. The van der Waals surface area contributed by atoms with Crippen LogP contribution in [0.4, 0.5) is 5.69 Å². The first-order valence-corrected chi connectivity index (χ1v) is 9.41. The van der Waals surface area contributed by atoms with Gasteiger partial charge in [0.05, 0.1) is 5.69 Å². The summed E-state index contributed by atoms with van der Waals surface area (Å²) in [5, 5.41) is 2.89. The number of pyridine rings is 1. The molecule has 2 aromatic heterocycles. The highest BCUT2D eigenvalue weighted by atomic mass is 16.6. The van der Waals surface area contributed by atoms with E-state index in [1.165, 1.54) is 0 Å². The van der Waals surface area contributed by atoms with Gasteiger partial charge in [-0.15, -0.1) is 0 Å². The van der Waals surface area contributed by atoms with Gasteiger partial charge in [-0.1, -0.05) is 30.3 Å². The molecule has 0 fully saturated rings. The van der Waals surface area contributed by atoms with Gasteiger partial charge < -0.3 is 19.2 Å². The molecule has 6 nitrogen and oxygen atoms in total. The summed E-state index contributed by atoms with van der Waals surface area (Å²) in [7, 11) is 0. The molecule has 2 aromatic carbocycles. The number of hydrogen-bond acceptors (Lipinski definition) is 4. The van der Waals surface area contributed by atoms with E-state index in [-0.39, 0.29) is 12.5 Å². The Morgan fingerprint density at radius 2 is 1.86 bits per heavy atom. The zero-order valence-electron chi connectivity index (χ0n) is 15.8. The molecular formula is C23H19N3O3. The maximum Gasteiger partial charge on any atom is 0.269 e. The highest BCUT2D eigenvalue weighted by molar-refractivity contribution is 5.95. The van der Waals surface area contributed by atoms with E-state index in [9.17, 15) is 4.79 Å². The summed E-state index contributed by atoms with van der Waals surface area (Å²) < 4.78 is 13.4. The molecule has 1 N–H and O–H groups in total. The number of amides is 1. The summed E-state index contributed by atoms with van der Waals surface area (Å²) >= 11 is 0. The van der Waals surface area contributed by atoms with Gasteiger partial charge in [-0.3, -0.25) is 4.79 Å². The van der Waals surface area contributed by atoms with Crippen LogP contribution in [0.3, 0.4) is 0 Å². The van der Waals surface area contributed by atoms with E-state index in [1.807, 2.05) is 78.3 Å². The lowest BCUT2D eigenvalue weighted by Crippen LogP contribution is -2.40. The molecule has 1 amide bonds. The van der Waals surface area contributed by atoms with Crippen LogP contribution in [0.5, 0.6) is 11.5 Å². The molecule has 6 heteroatoms. The van der Waals surface area contributed by atoms with Crippen LogP contribution in [0.25, 0.3) is 16.9 Å². The molecule has 0 spiro atoms. The van der Waals surface area contributed by atoms with E-state index >= 15 is 0 Å². The van der Waals surface area contributed by atoms with Crippen LogP contribution in [-0.4, -0.2) is 28.0 Å². The average molecular weight is 385 g/mol. The van der Waals surface area contributed by atoms with E-state index in [2.05, 4.69) is 5.32 Å². The van der Waals surface area contributed by atoms with Crippen molar-refractivity contribution in [2.45, 2.75) is 13.0 Å². The van der Waals surface area contributed by atoms with E-state index < -0.39 is 6.10 Å². The summed E-state index contributed by atoms with van der Waals surface area (Å²) in [5.74, 6) is 0.996. The number of fused-ring (bicyclic) bond motifs is 2. The normalized spacial score (nSPS) is 15.3. The molecule has 1 aliphatic heterocycles. The molecule has 0 aliphatic carbocycles. The number of ether oxygens (including phenoxy) is 2. The van der Waals surface area contributed by atoms with Gasteiger partial charge in [-0.2, -0.15) is 0 Å². The summed E-state index contributed by atoms with van der Waals surface area (Å²) in [6.07, 6.45) is 3.30. The number of nitrogens with zero attached hydrogens (tertiary/aromatic N) is 2. The van der Waals surface area contributed by atoms with E-state index in [0.717, 1.165) is 22.5 Å². The number of hydrogen-bond donors (Lipinski definition) is 1. The fraction of sp³-hybridized carbons (Fsp3) is 0.130. The van der Waals surface area contributed by atoms with Crippen LogP contribution in [0, 0.1) is 6.92 Å². The van der Waals surface area contributed by atoms with Crippen molar-refractivity contribution in [3.05, 3.63) is 78.6 Å². The fourth-order valence-corrected chi connectivity index (χ4v) is 3.39. The Kier molecular flexibility index (Phi) is 4.17. The smallest absolute Gasteiger partial charge is 0.269 e. The van der Waals surface area contributed by atoms with Crippen molar-refractivity contribution >= 4 is 17.2 Å². The minimum atomic E-state index is -0.689. The minimum absolute atomic E-state index is 0.182. The van der Waals surface area contributed by atoms with Gasteiger partial charge in [-0.05, 0) is 42.8 Å². The summed E-state index contributed by atoms with van der Waals surface area (Å²) in [4.78, 5) is 17.3. The Hall–Kier alpha value is -3.80. The first-order chi connectivity index (χ1) is 14.2. The number of aromatic nitrogens is 2. The number of carbonyl (C=O) groups is 1. The number of carbonyl (C=O) groups excluding carboxylic acids is 1. The van der Waals surface area contributed by atoms with Crippen molar-refractivity contribution in [1.82, 2.24) is 9.38 Å². The molecular weight excluding hydrogens is 366 g/mol. The lowest BCUT2D eigenvalue weighted by Gasteiger charge is -2.25. The highest BCUT2D eigenvalue weighted by Gasteiger charge is 2.27. The number of rotatable bonds is 3. The molecule has 1 unspecified atom stereocenters. The molecule has 29 heavy (non-hydrogen) atoms. The lowest BCUT2D eigenvalue weighted by molar-refractivity contribution is -0.125. The molecule has 144 valence electrons. The van der Waals surface area contributed by atoms with Crippen LogP contribution in [0.2, 0.25) is 0 Å². The first kappa shape index (κ1) is 17.3. The predicted molar refractivity (Wildman–Crippen MR) is 110 cm³/mol. The second-order valence-corrected chi connectivity index (χ2v) is 6.98. The van der Waals surface area contributed by atoms with Gasteiger partial charge in [0.15, 0.2) is 11.5 Å². The van der Waals surface area contributed by atoms with Gasteiger partial charge >= 0.3 is 0 Å². The lowest BCUT2D eigenvalue weighted by atomic mass is 10.1. The zero-order valence-corrected chi connectivity index (χ0v) is 15.8. The molecule has 0 saturated heterocycles. The van der Waals surface area contributed by atoms with Crippen LogP contribution in [-0.2, 0) is 4.79 Å². The van der Waals surface area contributed by atoms with Crippen molar-refractivity contribution in [2.24, 2.45) is 0 Å². The summed E-state index contributed by atoms with van der Waals surface area (Å²) in [6.45, 7) is 2.22. The van der Waals surface area contributed by atoms with E-state index in [1.54, 1.807) is 6.07 Å². The summed E-state index contributed by atoms with van der Waals surface area (Å²) in [6, 6.07) is 19.0. The Bertz CT molecular complexity index is 1200. The van der Waals surface area contributed by atoms with Crippen LogP contribution >= 0.6 is 0 Å². The molecule has 0 bridgehead atoms. The number of benzene rings is 2. The number of imidazole rings is 1. The quantitative estimate of drug-likeness (QED) is 0.577. The van der Waals surface area contributed by atoms with Crippen LogP contribution in [0.1, 0.15) is 5.56 Å². The molecule has 0 radical (unpaired) electrons. The number of aryl methyl sites for hydroxylation is 1. The Balaban J connectivity index is 1.30. The van der Waals surface area contributed by atoms with E-state index in [0.29, 0.717) is 17.2 Å². The third kappa shape index (κ3) is 3.29. The van der Waals surface area contributed by atoms with Crippen molar-refractivity contribution in [3.63, 3.8) is 0 Å². The second-order valence-electron chi connectivity index (χ2n) is 6.98.